The zero-order valence-corrected chi connectivity index (χ0v) is 29.9. The van der Waals surface area contributed by atoms with Crippen molar-refractivity contribution in [3.8, 4) is 0 Å². The average Bonchev–Trinajstić information content (AvgIpc) is 3.12. The third kappa shape index (κ3) is 7.32. The number of aromatic nitrogens is 3. The van der Waals surface area contributed by atoms with E-state index in [0.29, 0.717) is 17.7 Å². The molecule has 2 aromatic heterocycles. The summed E-state index contributed by atoms with van der Waals surface area (Å²) in [5.74, 6) is -0.406. The maximum absolute atomic E-state index is 13.6. The third-order valence-corrected chi connectivity index (χ3v) is 11.8. The molecule has 6 heterocycles. The number of amides is 3. The van der Waals surface area contributed by atoms with Gasteiger partial charge in [-0.1, -0.05) is 23.7 Å². The van der Waals surface area contributed by atoms with Gasteiger partial charge in [-0.3, -0.25) is 29.3 Å². The maximum atomic E-state index is 13.6. The molecule has 3 unspecified atom stereocenters. The molecule has 3 atom stereocenters. The minimum absolute atomic E-state index is 0.0681. The van der Waals surface area contributed by atoms with Gasteiger partial charge in [0.15, 0.2) is 0 Å². The van der Waals surface area contributed by atoms with Crippen LogP contribution in [0.2, 0.25) is 5.02 Å². The van der Waals surface area contributed by atoms with Gasteiger partial charge in [0.1, 0.15) is 11.1 Å². The fourth-order valence-corrected chi connectivity index (χ4v) is 8.61. The topological polar surface area (TPSA) is 142 Å². The summed E-state index contributed by atoms with van der Waals surface area (Å²) >= 11 is 6.31. The largest absolute Gasteiger partial charge is 0.378 e. The summed E-state index contributed by atoms with van der Waals surface area (Å²) in [5, 5.41) is 10.00. The molecule has 4 fully saturated rings. The molecule has 2 N–H and O–H groups in total. The Hall–Kier alpha value is -4.49. The number of imide groups is 1. The van der Waals surface area contributed by atoms with Crippen molar-refractivity contribution in [1.82, 2.24) is 29.5 Å². The van der Waals surface area contributed by atoms with Crippen molar-refractivity contribution in [2.75, 3.05) is 56.5 Å². The van der Waals surface area contributed by atoms with E-state index in [-0.39, 0.29) is 51.8 Å². The van der Waals surface area contributed by atoms with Gasteiger partial charge in [-0.2, -0.15) is 5.10 Å². The normalized spacial score (nSPS) is 24.0. The van der Waals surface area contributed by atoms with Crippen LogP contribution in [-0.4, -0.2) is 94.2 Å². The third-order valence-electron chi connectivity index (χ3n) is 11.5. The van der Waals surface area contributed by atoms with Crippen molar-refractivity contribution in [1.29, 1.82) is 0 Å². The van der Waals surface area contributed by atoms with E-state index in [4.69, 9.17) is 11.6 Å². The lowest BCUT2D eigenvalue weighted by atomic mass is 9.71. The molecule has 0 radical (unpaired) electrons. The molecule has 3 aromatic rings. The van der Waals surface area contributed by atoms with Crippen LogP contribution in [-0.2, 0) is 16.6 Å². The van der Waals surface area contributed by atoms with Gasteiger partial charge in [0.05, 0.1) is 11.9 Å². The Kier molecular flexibility index (Phi) is 9.77. The van der Waals surface area contributed by atoms with E-state index in [1.54, 1.807) is 25.5 Å². The Morgan fingerprint density at radius 3 is 2.35 bits per heavy atom. The Morgan fingerprint density at radius 2 is 1.67 bits per heavy atom. The Morgan fingerprint density at radius 1 is 0.961 bits per heavy atom. The van der Waals surface area contributed by atoms with Crippen molar-refractivity contribution < 1.29 is 14.4 Å². The van der Waals surface area contributed by atoms with E-state index in [9.17, 15) is 24.0 Å². The SMILES string of the molecule is CN1CC(Nc2cnn(C)c(=O)c2Cl)CC(c2ccc(C(=O)N3CCC4(CC3)CCN(c3ccn(C5CCC(=O)NC5=O)c(=O)c3)CC4)cc2)C1. The van der Waals surface area contributed by atoms with Crippen molar-refractivity contribution in [3.63, 3.8) is 0 Å². The van der Waals surface area contributed by atoms with Crippen LogP contribution >= 0.6 is 11.6 Å². The second-order valence-corrected chi connectivity index (χ2v) is 15.2. The number of likely N-dealkylation sites (tertiary alicyclic amines) is 2. The zero-order chi connectivity index (χ0) is 35.9. The van der Waals surface area contributed by atoms with Crippen molar-refractivity contribution in [2.24, 2.45) is 12.5 Å². The lowest BCUT2D eigenvalue weighted by Crippen LogP contribution is -2.48. The molecule has 4 aliphatic heterocycles. The summed E-state index contributed by atoms with van der Waals surface area (Å²) in [6.07, 6.45) is 8.58. The van der Waals surface area contributed by atoms with E-state index < -0.39 is 11.9 Å². The molecule has 1 aromatic carbocycles. The predicted octanol–water partition coefficient (Wildman–Crippen LogP) is 3.00. The monoisotopic (exact) mass is 716 g/mol. The molecule has 7 rings (SSSR count). The average molecular weight is 717 g/mol. The summed E-state index contributed by atoms with van der Waals surface area (Å²) in [6, 6.07) is 11.0. The smallest absolute Gasteiger partial charge is 0.287 e. The van der Waals surface area contributed by atoms with Gasteiger partial charge < -0.3 is 24.6 Å². The van der Waals surface area contributed by atoms with E-state index in [2.05, 4.69) is 44.7 Å². The van der Waals surface area contributed by atoms with Crippen molar-refractivity contribution in [3.05, 3.63) is 85.6 Å². The number of carbonyl (C=O) groups excluding carboxylic acids is 3. The molecule has 51 heavy (non-hydrogen) atoms. The van der Waals surface area contributed by atoms with Gasteiger partial charge in [-0.15, -0.1) is 0 Å². The highest BCUT2D eigenvalue weighted by molar-refractivity contribution is 6.32. The Labute approximate surface area is 301 Å². The number of hydrogen-bond acceptors (Lipinski definition) is 9. The van der Waals surface area contributed by atoms with Crippen LogP contribution in [0.25, 0.3) is 0 Å². The standard InChI is InChI=1S/C37H45ClN8O5/c1-42-22-26(19-27(23-42)40-29-21-39-43(2)36(51)33(29)38)24-3-5-25(6-4-24)35(50)45-17-12-37(13-18-45)10-15-44(16-11-37)28-9-14-46(32(48)20-28)30-7-8-31(47)41-34(30)49/h3-6,9,14,20-21,26-27,30,40H,7-8,10-13,15-19,22-23H2,1-2H3,(H,41,47,49). The van der Waals surface area contributed by atoms with Gasteiger partial charge in [0.25, 0.3) is 17.0 Å². The van der Waals surface area contributed by atoms with Gasteiger partial charge in [0.2, 0.25) is 11.8 Å². The van der Waals surface area contributed by atoms with Crippen molar-refractivity contribution >= 4 is 40.7 Å². The van der Waals surface area contributed by atoms with Crippen LogP contribution in [0.1, 0.15) is 72.8 Å². The first-order valence-corrected chi connectivity index (χ1v) is 18.2. The summed E-state index contributed by atoms with van der Waals surface area (Å²) < 4.78 is 2.64. The lowest BCUT2D eigenvalue weighted by molar-refractivity contribution is -0.135. The van der Waals surface area contributed by atoms with Crippen LogP contribution in [0.4, 0.5) is 11.4 Å². The van der Waals surface area contributed by atoms with Crippen LogP contribution < -0.4 is 26.7 Å². The molecule has 4 aliphatic rings. The number of aryl methyl sites for hydroxylation is 1. The molecular weight excluding hydrogens is 672 g/mol. The van der Waals surface area contributed by atoms with E-state index in [0.717, 1.165) is 77.1 Å². The van der Waals surface area contributed by atoms with Crippen LogP contribution in [0, 0.1) is 5.41 Å². The Balaban J connectivity index is 0.912. The minimum Gasteiger partial charge on any atom is -0.378 e. The van der Waals surface area contributed by atoms with Gasteiger partial charge >= 0.3 is 0 Å². The number of benzene rings is 1. The van der Waals surface area contributed by atoms with Crippen molar-refractivity contribution in [2.45, 2.75) is 62.9 Å². The highest BCUT2D eigenvalue weighted by atomic mass is 35.5. The molecule has 0 bridgehead atoms. The van der Waals surface area contributed by atoms with Crippen LogP contribution in [0.5, 0.6) is 0 Å². The fraction of sp³-hybridized carbons (Fsp3) is 0.514. The number of nitrogens with zero attached hydrogens (tertiary/aromatic N) is 6. The number of carbonyl (C=O) groups is 3. The lowest BCUT2D eigenvalue weighted by Gasteiger charge is -2.47. The number of likely N-dealkylation sites (N-methyl/N-ethyl adjacent to an activating group) is 1. The molecule has 0 saturated carbocycles. The van der Waals surface area contributed by atoms with E-state index in [1.165, 1.54) is 14.8 Å². The highest BCUT2D eigenvalue weighted by Crippen LogP contribution is 2.42. The predicted molar refractivity (Wildman–Crippen MR) is 194 cm³/mol. The fourth-order valence-electron chi connectivity index (χ4n) is 8.38. The first-order valence-electron chi connectivity index (χ1n) is 17.9. The summed E-state index contributed by atoms with van der Waals surface area (Å²) in [7, 11) is 3.66. The molecular formula is C37H45ClN8O5. The quantitative estimate of drug-likeness (QED) is 0.369. The molecule has 3 amide bonds. The number of nitrogens with one attached hydrogen (secondary N) is 2. The van der Waals surface area contributed by atoms with Gasteiger partial charge in [-0.25, -0.2) is 4.68 Å². The first-order chi connectivity index (χ1) is 24.5. The van der Waals surface area contributed by atoms with E-state index in [1.807, 2.05) is 23.1 Å². The molecule has 13 nitrogen and oxygen atoms in total. The van der Waals surface area contributed by atoms with Crippen LogP contribution in [0.15, 0.2) is 58.4 Å². The molecule has 4 saturated heterocycles. The number of piperidine rings is 4. The second kappa shape index (κ2) is 14.3. The highest BCUT2D eigenvalue weighted by Gasteiger charge is 2.39. The van der Waals surface area contributed by atoms with E-state index >= 15 is 0 Å². The summed E-state index contributed by atoms with van der Waals surface area (Å²) in [6.45, 7) is 4.82. The van der Waals surface area contributed by atoms with Gasteiger partial charge in [0, 0.05) is 82.3 Å². The summed E-state index contributed by atoms with van der Waals surface area (Å²) in [5.41, 5.74) is 2.89. The second-order valence-electron chi connectivity index (χ2n) is 14.8. The maximum Gasteiger partial charge on any atom is 0.287 e. The number of hydrogen-bond donors (Lipinski definition) is 2. The molecule has 0 aliphatic carbocycles. The molecule has 1 spiro atoms. The van der Waals surface area contributed by atoms with Crippen LogP contribution in [0.3, 0.4) is 0 Å². The number of halogens is 1. The minimum atomic E-state index is -0.660. The molecule has 270 valence electrons. The van der Waals surface area contributed by atoms with Gasteiger partial charge in [-0.05, 0) is 80.7 Å². The molecule has 14 heteroatoms. The number of pyridine rings is 1. The zero-order valence-electron chi connectivity index (χ0n) is 29.1. The number of anilines is 2. The summed E-state index contributed by atoms with van der Waals surface area (Å²) in [4.78, 5) is 69.1. The first kappa shape index (κ1) is 34.9. The number of rotatable bonds is 6. The Bertz CT molecular complexity index is 1930.